The third kappa shape index (κ3) is 4.74. The second-order valence-corrected chi connectivity index (χ2v) is 4.83. The Labute approximate surface area is 134 Å². The lowest BCUT2D eigenvalue weighted by atomic mass is 10.1. The number of amides is 1. The van der Waals surface area contributed by atoms with Crippen molar-refractivity contribution >= 4 is 17.8 Å². The van der Waals surface area contributed by atoms with E-state index in [-0.39, 0.29) is 12.3 Å². The number of nitrogens with one attached hydrogen (secondary N) is 1. The molecule has 0 aliphatic carbocycles. The van der Waals surface area contributed by atoms with Crippen molar-refractivity contribution in [3.8, 4) is 11.5 Å². The predicted octanol–water partition coefficient (Wildman–Crippen LogP) is 1.98. The van der Waals surface area contributed by atoms with Crippen molar-refractivity contribution in [2.24, 2.45) is 5.10 Å². The van der Waals surface area contributed by atoms with Crippen molar-refractivity contribution < 1.29 is 14.3 Å². The van der Waals surface area contributed by atoms with Crippen LogP contribution in [0.15, 0.2) is 47.6 Å². The minimum Gasteiger partial charge on any atom is -0.493 e. The fourth-order valence-electron chi connectivity index (χ4n) is 1.97. The topological polar surface area (TPSA) is 85.9 Å². The van der Waals surface area contributed by atoms with Crippen LogP contribution >= 0.6 is 0 Å². The molecule has 23 heavy (non-hydrogen) atoms. The molecular formula is C17H19N3O3. The number of rotatable bonds is 6. The zero-order valence-corrected chi connectivity index (χ0v) is 13.1. The minimum absolute atomic E-state index is 0.202. The lowest BCUT2D eigenvalue weighted by Crippen LogP contribution is -2.19. The second kappa shape index (κ2) is 7.84. The van der Waals surface area contributed by atoms with Crippen molar-refractivity contribution in [2.45, 2.75) is 6.42 Å². The molecule has 0 aliphatic rings. The molecule has 1 amide bonds. The fraction of sp³-hybridized carbons (Fsp3) is 0.176. The van der Waals surface area contributed by atoms with Gasteiger partial charge in [-0.05, 0) is 41.5 Å². The first-order chi connectivity index (χ1) is 11.1. The summed E-state index contributed by atoms with van der Waals surface area (Å²) in [4.78, 5) is 11.8. The van der Waals surface area contributed by atoms with Crippen molar-refractivity contribution in [1.29, 1.82) is 0 Å². The van der Waals surface area contributed by atoms with Crippen molar-refractivity contribution in [3.63, 3.8) is 0 Å². The largest absolute Gasteiger partial charge is 0.493 e. The Morgan fingerprint density at radius 3 is 2.48 bits per heavy atom. The molecule has 2 rings (SSSR count). The number of anilines is 1. The van der Waals surface area contributed by atoms with Crippen LogP contribution in [0.25, 0.3) is 0 Å². The molecule has 0 heterocycles. The summed E-state index contributed by atoms with van der Waals surface area (Å²) < 4.78 is 10.4. The third-order valence-corrected chi connectivity index (χ3v) is 3.15. The quantitative estimate of drug-likeness (QED) is 0.485. The molecule has 0 saturated heterocycles. The Morgan fingerprint density at radius 2 is 1.83 bits per heavy atom. The monoisotopic (exact) mass is 313 g/mol. The summed E-state index contributed by atoms with van der Waals surface area (Å²) in [6.45, 7) is 0. The zero-order valence-electron chi connectivity index (χ0n) is 13.1. The summed E-state index contributed by atoms with van der Waals surface area (Å²) in [5.41, 5.74) is 10.4. The first kappa shape index (κ1) is 16.4. The number of carbonyl (C=O) groups is 1. The van der Waals surface area contributed by atoms with Gasteiger partial charge in [-0.1, -0.05) is 12.1 Å². The molecule has 6 nitrogen and oxygen atoms in total. The highest BCUT2D eigenvalue weighted by atomic mass is 16.5. The lowest BCUT2D eigenvalue weighted by molar-refractivity contribution is -0.120. The molecule has 0 aromatic heterocycles. The fourth-order valence-corrected chi connectivity index (χ4v) is 1.97. The average molecular weight is 313 g/mol. The average Bonchev–Trinajstić information content (AvgIpc) is 2.56. The first-order valence-corrected chi connectivity index (χ1v) is 7.00. The number of benzene rings is 2. The van der Waals surface area contributed by atoms with Crippen molar-refractivity contribution in [2.75, 3.05) is 20.0 Å². The van der Waals surface area contributed by atoms with Gasteiger partial charge in [0.2, 0.25) is 5.91 Å². The molecule has 0 radical (unpaired) electrons. The van der Waals surface area contributed by atoms with Gasteiger partial charge in [-0.15, -0.1) is 0 Å². The van der Waals surface area contributed by atoms with Crippen LogP contribution in [0, 0.1) is 0 Å². The lowest BCUT2D eigenvalue weighted by Gasteiger charge is -2.07. The maximum atomic E-state index is 11.8. The molecule has 6 heteroatoms. The molecule has 0 atom stereocenters. The van der Waals surface area contributed by atoms with Gasteiger partial charge in [0.05, 0.1) is 26.9 Å². The van der Waals surface area contributed by atoms with Gasteiger partial charge in [-0.2, -0.15) is 5.10 Å². The molecule has 2 aromatic carbocycles. The van der Waals surface area contributed by atoms with Crippen LogP contribution in [-0.4, -0.2) is 26.3 Å². The van der Waals surface area contributed by atoms with E-state index in [0.717, 1.165) is 11.1 Å². The number of nitrogens with two attached hydrogens (primary N) is 1. The van der Waals surface area contributed by atoms with Gasteiger partial charge in [0, 0.05) is 5.69 Å². The summed E-state index contributed by atoms with van der Waals surface area (Å²) >= 11 is 0. The van der Waals surface area contributed by atoms with Crippen LogP contribution < -0.4 is 20.6 Å². The second-order valence-electron chi connectivity index (χ2n) is 4.83. The highest BCUT2D eigenvalue weighted by Gasteiger charge is 2.04. The molecule has 2 aromatic rings. The van der Waals surface area contributed by atoms with E-state index >= 15 is 0 Å². The Kier molecular flexibility index (Phi) is 5.57. The predicted molar refractivity (Wildman–Crippen MR) is 89.8 cm³/mol. The van der Waals surface area contributed by atoms with E-state index in [1.54, 1.807) is 44.7 Å². The number of hydrazone groups is 1. The molecule has 0 bridgehead atoms. The standard InChI is InChI=1S/C17H19N3O3/c1-22-15-8-5-13(9-16(15)23-2)11-19-20-17(21)10-12-3-6-14(18)7-4-12/h3-9,11H,10,18H2,1-2H3,(H,20,21)/b19-11-. The number of nitrogen functional groups attached to an aromatic ring is 1. The Hall–Kier alpha value is -3.02. The molecule has 0 aliphatic heterocycles. The normalized spacial score (nSPS) is 10.5. The van der Waals surface area contributed by atoms with Gasteiger partial charge in [-0.3, -0.25) is 4.79 Å². The van der Waals surface area contributed by atoms with Crippen LogP contribution in [0.1, 0.15) is 11.1 Å². The van der Waals surface area contributed by atoms with E-state index in [1.165, 1.54) is 0 Å². The first-order valence-electron chi connectivity index (χ1n) is 7.00. The maximum Gasteiger partial charge on any atom is 0.244 e. The van der Waals surface area contributed by atoms with E-state index in [2.05, 4.69) is 10.5 Å². The van der Waals surface area contributed by atoms with Crippen LogP contribution in [-0.2, 0) is 11.2 Å². The van der Waals surface area contributed by atoms with Gasteiger partial charge in [0.15, 0.2) is 11.5 Å². The Balaban J connectivity index is 1.93. The van der Waals surface area contributed by atoms with Gasteiger partial charge in [-0.25, -0.2) is 5.43 Å². The van der Waals surface area contributed by atoms with Gasteiger partial charge >= 0.3 is 0 Å². The van der Waals surface area contributed by atoms with Crippen molar-refractivity contribution in [1.82, 2.24) is 5.43 Å². The number of hydrogen-bond donors (Lipinski definition) is 2. The molecule has 3 N–H and O–H groups in total. The molecule has 0 spiro atoms. The summed E-state index contributed by atoms with van der Waals surface area (Å²) in [6, 6.07) is 12.5. The number of nitrogens with zero attached hydrogens (tertiary/aromatic N) is 1. The molecule has 0 unspecified atom stereocenters. The summed E-state index contributed by atoms with van der Waals surface area (Å²) in [5.74, 6) is 1.04. The van der Waals surface area contributed by atoms with Gasteiger partial charge in [0.1, 0.15) is 0 Å². The highest BCUT2D eigenvalue weighted by molar-refractivity contribution is 5.84. The molecule has 0 saturated carbocycles. The number of ether oxygens (including phenoxy) is 2. The molecular weight excluding hydrogens is 294 g/mol. The Bertz CT molecular complexity index is 697. The number of hydrogen-bond acceptors (Lipinski definition) is 5. The van der Waals surface area contributed by atoms with Crippen LogP contribution in [0.4, 0.5) is 5.69 Å². The van der Waals surface area contributed by atoms with E-state index in [1.807, 2.05) is 18.2 Å². The van der Waals surface area contributed by atoms with E-state index in [0.29, 0.717) is 17.2 Å². The van der Waals surface area contributed by atoms with E-state index < -0.39 is 0 Å². The third-order valence-electron chi connectivity index (χ3n) is 3.15. The summed E-state index contributed by atoms with van der Waals surface area (Å²) in [5, 5.41) is 3.94. The molecule has 0 fully saturated rings. The van der Waals surface area contributed by atoms with Crippen molar-refractivity contribution in [3.05, 3.63) is 53.6 Å². The zero-order chi connectivity index (χ0) is 16.7. The SMILES string of the molecule is COc1ccc(/C=N\NC(=O)Cc2ccc(N)cc2)cc1OC. The minimum atomic E-state index is -0.202. The molecule has 120 valence electrons. The number of carbonyl (C=O) groups excluding carboxylic acids is 1. The van der Waals surface area contributed by atoms with Crippen LogP contribution in [0.3, 0.4) is 0 Å². The highest BCUT2D eigenvalue weighted by Crippen LogP contribution is 2.26. The number of methoxy groups -OCH3 is 2. The Morgan fingerprint density at radius 1 is 1.13 bits per heavy atom. The van der Waals surface area contributed by atoms with E-state index in [9.17, 15) is 4.79 Å². The maximum absolute atomic E-state index is 11.8. The van der Waals surface area contributed by atoms with Gasteiger partial charge in [0.25, 0.3) is 0 Å². The summed E-state index contributed by atoms with van der Waals surface area (Å²) in [6.07, 6.45) is 1.78. The van der Waals surface area contributed by atoms with Crippen LogP contribution in [0.2, 0.25) is 0 Å². The summed E-state index contributed by atoms with van der Waals surface area (Å²) in [7, 11) is 3.14. The van der Waals surface area contributed by atoms with Gasteiger partial charge < -0.3 is 15.2 Å². The smallest absolute Gasteiger partial charge is 0.244 e. The van der Waals surface area contributed by atoms with E-state index in [4.69, 9.17) is 15.2 Å². The van der Waals surface area contributed by atoms with Crippen LogP contribution in [0.5, 0.6) is 11.5 Å².